The molecule has 0 spiro atoms. The lowest BCUT2D eigenvalue weighted by molar-refractivity contribution is -0.140. The predicted molar refractivity (Wildman–Crippen MR) is 285 cm³/mol. The Kier molecular flexibility index (Phi) is 21.5. The summed E-state index contributed by atoms with van der Waals surface area (Å²) in [5.74, 6) is -1.32. The van der Waals surface area contributed by atoms with Crippen LogP contribution in [0.25, 0.3) is 10.8 Å². The van der Waals surface area contributed by atoms with Crippen LogP contribution in [0.15, 0.2) is 43.0 Å². The van der Waals surface area contributed by atoms with Gasteiger partial charge in [0.1, 0.15) is 18.2 Å². The molecule has 4 aliphatic heterocycles. The van der Waals surface area contributed by atoms with E-state index < -0.39 is 11.9 Å². The van der Waals surface area contributed by atoms with Gasteiger partial charge >= 0.3 is 17.9 Å². The number of halogens is 1. The SMILES string of the molecule is C=CC(=O)N1CCN(c2nc(OC[C@@H]3CCCN3CCCCCCNC(=O)CN3CCN(CCO)CCN(CC(=O)O)CCN(CC(=O)O)CC3)nc3c2CCN(c2cc(O)cc4cccc(Cl)c24)C3)C[C@@H]1CC#N. The fourth-order valence-corrected chi connectivity index (χ4v) is 11.2. The van der Waals surface area contributed by atoms with Gasteiger partial charge in [-0.1, -0.05) is 43.2 Å². The summed E-state index contributed by atoms with van der Waals surface area (Å²) in [5.41, 5.74) is 2.62. The molecule has 0 unspecified atom stereocenters. The number of piperazine rings is 1. The van der Waals surface area contributed by atoms with E-state index in [9.17, 15) is 44.9 Å². The third kappa shape index (κ3) is 16.3. The van der Waals surface area contributed by atoms with Crippen LogP contribution in [-0.4, -0.2) is 233 Å². The number of fused-ring (bicyclic) bond motifs is 2. The van der Waals surface area contributed by atoms with Crippen molar-refractivity contribution in [1.82, 2.24) is 44.7 Å². The van der Waals surface area contributed by atoms with E-state index in [0.29, 0.717) is 116 Å². The Morgan fingerprint density at radius 1 is 0.827 bits per heavy atom. The summed E-state index contributed by atoms with van der Waals surface area (Å²) in [6.07, 6.45) is 7.91. The number of aliphatic hydroxyl groups is 1. The molecule has 75 heavy (non-hydrogen) atoms. The number of benzene rings is 2. The molecule has 0 aliphatic carbocycles. The molecule has 2 aromatic carbocycles. The first-order valence-corrected chi connectivity index (χ1v) is 26.9. The number of carbonyl (C=O) groups excluding carboxylic acids is 2. The molecule has 0 radical (unpaired) electrons. The third-order valence-corrected chi connectivity index (χ3v) is 15.2. The summed E-state index contributed by atoms with van der Waals surface area (Å²) in [7, 11) is 0. The van der Waals surface area contributed by atoms with Crippen molar-refractivity contribution in [3.8, 4) is 17.8 Å². The fourth-order valence-electron chi connectivity index (χ4n) is 10.9. The van der Waals surface area contributed by atoms with E-state index in [1.54, 1.807) is 26.8 Å². The van der Waals surface area contributed by atoms with Crippen molar-refractivity contribution in [2.75, 3.05) is 147 Å². The Labute approximate surface area is 444 Å². The van der Waals surface area contributed by atoms with Gasteiger partial charge in [0, 0.05) is 115 Å². The van der Waals surface area contributed by atoms with Gasteiger partial charge in [0.05, 0.1) is 67.7 Å². The number of nitrogens with zero attached hydrogens (tertiary/aromatic N) is 11. The summed E-state index contributed by atoms with van der Waals surface area (Å²) < 4.78 is 6.54. The number of aliphatic hydroxyl groups excluding tert-OH is 1. The highest BCUT2D eigenvalue weighted by atomic mass is 35.5. The second-order valence-corrected chi connectivity index (χ2v) is 20.4. The minimum absolute atomic E-state index is 0.0420. The van der Waals surface area contributed by atoms with Crippen molar-refractivity contribution >= 4 is 57.6 Å². The van der Waals surface area contributed by atoms with Gasteiger partial charge in [-0.3, -0.25) is 43.7 Å². The number of likely N-dealkylation sites (tertiary alicyclic amines) is 1. The van der Waals surface area contributed by atoms with E-state index in [1.165, 1.54) is 6.08 Å². The van der Waals surface area contributed by atoms with E-state index in [4.69, 9.17) is 26.3 Å². The highest BCUT2D eigenvalue weighted by Crippen LogP contribution is 2.39. The number of carboxylic acid groups (broad SMARTS) is 2. The van der Waals surface area contributed by atoms with Crippen LogP contribution in [0.3, 0.4) is 0 Å². The van der Waals surface area contributed by atoms with Crippen LogP contribution in [0.1, 0.15) is 56.2 Å². The zero-order chi connectivity index (χ0) is 53.3. The van der Waals surface area contributed by atoms with Crippen molar-refractivity contribution in [2.45, 2.75) is 70.0 Å². The zero-order valence-electron chi connectivity index (χ0n) is 43.2. The molecule has 3 saturated heterocycles. The number of hydrogen-bond donors (Lipinski definition) is 5. The van der Waals surface area contributed by atoms with Crippen LogP contribution in [-0.2, 0) is 32.1 Å². The second kappa shape index (κ2) is 28.3. The molecule has 1 aromatic heterocycles. The first-order chi connectivity index (χ1) is 36.3. The number of aromatic nitrogens is 2. The van der Waals surface area contributed by atoms with Gasteiger partial charge in [0.25, 0.3) is 0 Å². The highest BCUT2D eigenvalue weighted by Gasteiger charge is 2.34. The maximum absolute atomic E-state index is 13.2. The lowest BCUT2D eigenvalue weighted by atomic mass is 10.0. The third-order valence-electron chi connectivity index (χ3n) is 14.8. The average molecular weight is 1060 g/mol. The molecule has 0 bridgehead atoms. The van der Waals surface area contributed by atoms with Gasteiger partial charge in [-0.2, -0.15) is 15.2 Å². The lowest BCUT2D eigenvalue weighted by Crippen LogP contribution is -2.55. The molecule has 5 N–H and O–H groups in total. The number of anilines is 2. The standard InChI is InChI=1S/C53H75ClN12O9/c1-2-48(70)66-28-27-65(33-40(66)12-14-55)52-43-13-18-64(46-32-42(68)31-39-9-7-11-44(54)51(39)46)34-45(43)57-53(58-52)75-38-41-10-8-17-63(41)16-6-4-3-5-15-56-47(69)35-60-21-19-59(29-30-67)20-22-61(36-49(71)72)25-26-62(24-23-60)37-50(73)74/h2,7,9,11,31-32,40-41,67-68H,1,3-6,8,10,12-13,15-30,33-38H2,(H,56,69)(H,71,72)(H,73,74)/t40-,41-/m0/s1. The van der Waals surface area contributed by atoms with E-state index in [0.717, 1.165) is 85.1 Å². The number of aliphatic carboxylic acids is 2. The lowest BCUT2D eigenvalue weighted by Gasteiger charge is -2.42. The first-order valence-electron chi connectivity index (χ1n) is 26.5. The number of unbranched alkanes of at least 4 members (excludes halogenated alkanes) is 3. The van der Waals surface area contributed by atoms with Gasteiger partial charge in [-0.05, 0) is 68.8 Å². The number of phenols is 1. The van der Waals surface area contributed by atoms with Crippen molar-refractivity contribution in [3.05, 3.63) is 59.3 Å². The van der Waals surface area contributed by atoms with Crippen molar-refractivity contribution in [2.24, 2.45) is 0 Å². The molecule has 2 atom stereocenters. The quantitative estimate of drug-likeness (QED) is 0.0717. The largest absolute Gasteiger partial charge is 0.508 e. The summed E-state index contributed by atoms with van der Waals surface area (Å²) in [6.45, 7) is 12.9. The Morgan fingerprint density at radius 2 is 1.52 bits per heavy atom. The molecule has 3 aromatic rings. The summed E-state index contributed by atoms with van der Waals surface area (Å²) in [5, 5.41) is 54.5. The molecule has 2 amide bonds. The second-order valence-electron chi connectivity index (χ2n) is 20.0. The van der Waals surface area contributed by atoms with Crippen molar-refractivity contribution in [1.29, 1.82) is 5.26 Å². The van der Waals surface area contributed by atoms with Crippen molar-refractivity contribution < 1.29 is 44.3 Å². The fraction of sp³-hybridized carbons (Fsp3) is 0.604. The van der Waals surface area contributed by atoms with E-state index in [-0.39, 0.29) is 68.3 Å². The predicted octanol–water partition coefficient (Wildman–Crippen LogP) is 2.57. The number of aromatic hydroxyl groups is 1. The van der Waals surface area contributed by atoms with E-state index >= 15 is 0 Å². The van der Waals surface area contributed by atoms with Crippen LogP contribution in [0.5, 0.6) is 11.8 Å². The molecule has 4 aliphatic rings. The molecule has 408 valence electrons. The molecule has 0 saturated carbocycles. The van der Waals surface area contributed by atoms with Crippen LogP contribution in [0, 0.1) is 11.3 Å². The van der Waals surface area contributed by atoms with Gasteiger partial charge in [-0.15, -0.1) is 0 Å². The number of hydrogen-bond acceptors (Lipinski definition) is 17. The molecule has 22 heteroatoms. The Bertz CT molecular complexity index is 2480. The minimum Gasteiger partial charge on any atom is -0.508 e. The van der Waals surface area contributed by atoms with Crippen LogP contribution >= 0.6 is 11.6 Å². The number of phenolic OH excluding ortho intramolecular Hbond substituents is 1. The smallest absolute Gasteiger partial charge is 0.318 e. The minimum atomic E-state index is -0.965. The summed E-state index contributed by atoms with van der Waals surface area (Å²) >= 11 is 6.77. The number of β-amino-alcohol motifs (C(OH)–C–C–N with tert-alkyl or cyclic N) is 1. The van der Waals surface area contributed by atoms with Crippen LogP contribution in [0.4, 0.5) is 11.5 Å². The normalized spacial score (nSPS) is 20.0. The van der Waals surface area contributed by atoms with Gasteiger partial charge in [0.15, 0.2) is 0 Å². The molecule has 3 fully saturated rings. The van der Waals surface area contributed by atoms with Crippen molar-refractivity contribution in [3.63, 3.8) is 0 Å². The van der Waals surface area contributed by atoms with Crippen LogP contribution in [0.2, 0.25) is 5.02 Å². The monoisotopic (exact) mass is 1060 g/mol. The van der Waals surface area contributed by atoms with Gasteiger partial charge < -0.3 is 45.2 Å². The molecular weight excluding hydrogens is 984 g/mol. The van der Waals surface area contributed by atoms with E-state index in [2.05, 4.69) is 37.6 Å². The highest BCUT2D eigenvalue weighted by molar-refractivity contribution is 6.36. The maximum Gasteiger partial charge on any atom is 0.318 e. The first kappa shape index (κ1) is 56.9. The maximum atomic E-state index is 13.2. The number of nitrogens with one attached hydrogen (secondary N) is 1. The molecule has 21 nitrogen and oxygen atoms in total. The number of ether oxygens (including phenoxy) is 1. The number of carbonyl (C=O) groups is 4. The Balaban J connectivity index is 0.916. The Hall–Kier alpha value is -5.86. The number of nitriles is 1. The summed E-state index contributed by atoms with van der Waals surface area (Å²) in [6, 6.07) is 11.5. The van der Waals surface area contributed by atoms with Crippen LogP contribution < -0.4 is 19.9 Å². The number of amides is 2. The Morgan fingerprint density at radius 3 is 2.20 bits per heavy atom. The topological polar surface area (TPSA) is 246 Å². The molecule has 7 rings (SSSR count). The average Bonchev–Trinajstić information content (AvgIpc) is 3.84. The summed E-state index contributed by atoms with van der Waals surface area (Å²) in [4.78, 5) is 75.5. The van der Waals surface area contributed by atoms with Gasteiger partial charge in [0.2, 0.25) is 11.8 Å². The number of rotatable bonds is 22. The zero-order valence-corrected chi connectivity index (χ0v) is 43.9. The molecular formula is C53H75ClN12O9. The van der Waals surface area contributed by atoms with E-state index in [1.807, 2.05) is 23.1 Å². The number of carboxylic acids is 2. The van der Waals surface area contributed by atoms with Gasteiger partial charge in [-0.25, -0.2) is 0 Å². The molecule has 5 heterocycles.